The third-order valence-electron chi connectivity index (χ3n) is 5.36. The Bertz CT molecular complexity index is 706. The molecule has 0 spiro atoms. The van der Waals surface area contributed by atoms with Gasteiger partial charge in [-0.3, -0.25) is 0 Å². The third kappa shape index (κ3) is 5.18. The van der Waals surface area contributed by atoms with E-state index in [1.165, 1.54) is 12.3 Å². The number of hydrogen-bond donors (Lipinski definition) is 0. The number of aromatic nitrogens is 1. The van der Waals surface area contributed by atoms with Crippen molar-refractivity contribution in [2.24, 2.45) is 0 Å². The monoisotopic (exact) mass is 382 g/mol. The van der Waals surface area contributed by atoms with E-state index < -0.39 is 9.84 Å². The summed E-state index contributed by atoms with van der Waals surface area (Å²) in [5.74, 6) is 0.678. The molecule has 1 aliphatic heterocycles. The first kappa shape index (κ1) is 19.6. The predicted octanol–water partition coefficient (Wildman–Crippen LogP) is 2.59. The van der Waals surface area contributed by atoms with Crippen molar-refractivity contribution in [1.82, 2.24) is 9.88 Å². The first-order valence-electron chi connectivity index (χ1n) is 9.49. The van der Waals surface area contributed by atoms with Crippen molar-refractivity contribution in [2.45, 2.75) is 68.8 Å². The van der Waals surface area contributed by atoms with E-state index in [4.69, 9.17) is 9.47 Å². The van der Waals surface area contributed by atoms with E-state index in [1.807, 2.05) is 0 Å². The minimum atomic E-state index is -3.29. The average Bonchev–Trinajstić information content (AvgIpc) is 2.59. The van der Waals surface area contributed by atoms with Crippen molar-refractivity contribution in [2.75, 3.05) is 26.4 Å². The van der Waals surface area contributed by atoms with Crippen LogP contribution in [-0.2, 0) is 14.6 Å². The second kappa shape index (κ2) is 8.23. The molecule has 26 heavy (non-hydrogen) atoms. The second-order valence-electron chi connectivity index (χ2n) is 7.66. The van der Waals surface area contributed by atoms with Gasteiger partial charge in [0.1, 0.15) is 5.75 Å². The van der Waals surface area contributed by atoms with Crippen LogP contribution in [0.4, 0.5) is 0 Å². The number of nitrogens with zero attached hydrogens (tertiary/aromatic N) is 2. The van der Waals surface area contributed by atoms with Gasteiger partial charge in [0.25, 0.3) is 0 Å². The number of hydrogen-bond acceptors (Lipinski definition) is 6. The second-order valence-corrected chi connectivity index (χ2v) is 9.62. The Kier molecular flexibility index (Phi) is 6.20. The molecule has 2 heterocycles. The van der Waals surface area contributed by atoms with Crippen molar-refractivity contribution in [3.05, 3.63) is 17.8 Å². The fourth-order valence-corrected chi connectivity index (χ4v) is 4.33. The zero-order valence-electron chi connectivity index (χ0n) is 16.0. The first-order valence-corrected chi connectivity index (χ1v) is 11.4. The van der Waals surface area contributed by atoms with Gasteiger partial charge in [-0.2, -0.15) is 0 Å². The highest BCUT2D eigenvalue weighted by molar-refractivity contribution is 7.90. The normalized spacial score (nSPS) is 26.0. The molecule has 0 radical (unpaired) electrons. The van der Waals surface area contributed by atoms with Gasteiger partial charge in [0.15, 0.2) is 14.9 Å². The fraction of sp³-hybridized carbons (Fsp3) is 0.737. The van der Waals surface area contributed by atoms with Crippen LogP contribution < -0.4 is 4.74 Å². The van der Waals surface area contributed by atoms with Gasteiger partial charge in [-0.25, -0.2) is 13.4 Å². The van der Waals surface area contributed by atoms with E-state index in [9.17, 15) is 8.42 Å². The van der Waals surface area contributed by atoms with E-state index in [0.29, 0.717) is 23.7 Å². The summed E-state index contributed by atoms with van der Waals surface area (Å²) in [7, 11) is -1.12. The Labute approximate surface area is 156 Å². The van der Waals surface area contributed by atoms with Gasteiger partial charge in [0.2, 0.25) is 0 Å². The number of rotatable bonds is 5. The number of ether oxygens (including phenoxy) is 2. The summed E-state index contributed by atoms with van der Waals surface area (Å²) in [4.78, 5) is 6.52. The number of aryl methyl sites for hydroxylation is 1. The number of pyridine rings is 1. The highest BCUT2D eigenvalue weighted by atomic mass is 32.2. The summed E-state index contributed by atoms with van der Waals surface area (Å²) in [6.07, 6.45) is 8.29. The fourth-order valence-electron chi connectivity index (χ4n) is 3.72. The lowest BCUT2D eigenvalue weighted by Crippen LogP contribution is -2.37. The van der Waals surface area contributed by atoms with E-state index in [2.05, 4.69) is 16.9 Å². The van der Waals surface area contributed by atoms with Gasteiger partial charge in [-0.15, -0.1) is 0 Å². The van der Waals surface area contributed by atoms with Crippen LogP contribution in [0.5, 0.6) is 5.75 Å². The van der Waals surface area contributed by atoms with Crippen LogP contribution in [0.2, 0.25) is 0 Å². The van der Waals surface area contributed by atoms with Crippen LogP contribution in [-0.4, -0.2) is 63.0 Å². The smallest absolute Gasteiger partial charge is 0.192 e. The largest absolute Gasteiger partial charge is 0.489 e. The molecule has 7 heteroatoms. The van der Waals surface area contributed by atoms with Gasteiger partial charge in [-0.1, -0.05) is 0 Å². The Morgan fingerprint density at radius 3 is 2.15 bits per heavy atom. The summed E-state index contributed by atoms with van der Waals surface area (Å²) in [5, 5.41) is 0.0950. The molecule has 1 aliphatic carbocycles. The topological polar surface area (TPSA) is 68.7 Å². The Hall–Kier alpha value is -1.18. The lowest BCUT2D eigenvalue weighted by atomic mass is 9.94. The molecule has 0 atom stereocenters. The molecule has 0 bridgehead atoms. The van der Waals surface area contributed by atoms with Gasteiger partial charge in [-0.05, 0) is 64.6 Å². The van der Waals surface area contributed by atoms with E-state index in [-0.39, 0.29) is 11.1 Å². The molecule has 1 saturated heterocycles. The van der Waals surface area contributed by atoms with Crippen LogP contribution >= 0.6 is 0 Å². The van der Waals surface area contributed by atoms with Gasteiger partial charge < -0.3 is 14.4 Å². The van der Waals surface area contributed by atoms with Crippen molar-refractivity contribution in [3.8, 4) is 5.75 Å². The molecule has 146 valence electrons. The van der Waals surface area contributed by atoms with E-state index in [0.717, 1.165) is 51.6 Å². The highest BCUT2D eigenvalue weighted by Crippen LogP contribution is 2.29. The number of sulfone groups is 1. The molecule has 6 nitrogen and oxygen atoms in total. The molecular weight excluding hydrogens is 352 g/mol. The molecule has 1 aromatic heterocycles. The standard InChI is InChI=1S/C19H30N2O4S/c1-14-18(8-9-19(20-14)26(3,22)23)25-16-6-4-15(5-7-16)24-17-10-12-21(2)13-11-17/h8-9,15-17H,4-7,10-13H2,1-3H3/t15-,16-. The zero-order chi connectivity index (χ0) is 18.7. The Morgan fingerprint density at radius 2 is 1.58 bits per heavy atom. The summed E-state index contributed by atoms with van der Waals surface area (Å²) < 4.78 is 35.5. The SMILES string of the molecule is Cc1nc(S(C)(=O)=O)ccc1O[C@H]1CC[C@H](OC2CCN(C)CC2)CC1. The van der Waals surface area contributed by atoms with Crippen molar-refractivity contribution < 1.29 is 17.9 Å². The summed E-state index contributed by atoms with van der Waals surface area (Å²) in [5.41, 5.74) is 0.623. The minimum Gasteiger partial charge on any atom is -0.489 e. The van der Waals surface area contributed by atoms with Crippen molar-refractivity contribution in [1.29, 1.82) is 0 Å². The van der Waals surface area contributed by atoms with Gasteiger partial charge >= 0.3 is 0 Å². The maximum absolute atomic E-state index is 11.6. The molecule has 1 saturated carbocycles. The van der Waals surface area contributed by atoms with E-state index >= 15 is 0 Å². The molecule has 0 N–H and O–H groups in total. The van der Waals surface area contributed by atoms with Crippen LogP contribution in [0.25, 0.3) is 0 Å². The maximum Gasteiger partial charge on any atom is 0.192 e. The van der Waals surface area contributed by atoms with Crippen LogP contribution in [0, 0.1) is 6.92 Å². The molecule has 2 fully saturated rings. The Morgan fingerprint density at radius 1 is 1.00 bits per heavy atom. The molecule has 3 rings (SSSR count). The lowest BCUT2D eigenvalue weighted by Gasteiger charge is -2.35. The number of likely N-dealkylation sites (tertiary alicyclic amines) is 1. The number of piperidine rings is 1. The molecule has 1 aromatic rings. The molecule has 0 unspecified atom stereocenters. The Balaban J connectivity index is 1.48. The highest BCUT2D eigenvalue weighted by Gasteiger charge is 2.27. The lowest BCUT2D eigenvalue weighted by molar-refractivity contribution is -0.0643. The average molecular weight is 383 g/mol. The summed E-state index contributed by atoms with van der Waals surface area (Å²) >= 11 is 0. The molecule has 0 aromatic carbocycles. The van der Waals surface area contributed by atoms with Crippen molar-refractivity contribution >= 4 is 9.84 Å². The first-order chi connectivity index (χ1) is 12.3. The van der Waals surface area contributed by atoms with Crippen LogP contribution in [0.3, 0.4) is 0 Å². The zero-order valence-corrected chi connectivity index (χ0v) is 16.8. The quantitative estimate of drug-likeness (QED) is 0.780. The van der Waals surface area contributed by atoms with Gasteiger partial charge in [0, 0.05) is 19.3 Å². The van der Waals surface area contributed by atoms with Crippen LogP contribution in [0.15, 0.2) is 17.2 Å². The molecule has 0 amide bonds. The maximum atomic E-state index is 11.6. The predicted molar refractivity (Wildman–Crippen MR) is 100 cm³/mol. The summed E-state index contributed by atoms with van der Waals surface area (Å²) in [6.45, 7) is 4.04. The van der Waals surface area contributed by atoms with Gasteiger partial charge in [0.05, 0.1) is 24.0 Å². The molecular formula is C19H30N2O4S. The third-order valence-corrected chi connectivity index (χ3v) is 6.34. The minimum absolute atomic E-state index is 0.0950. The summed E-state index contributed by atoms with van der Waals surface area (Å²) in [6, 6.07) is 3.24. The van der Waals surface area contributed by atoms with Crippen molar-refractivity contribution in [3.63, 3.8) is 0 Å². The molecule has 2 aliphatic rings. The van der Waals surface area contributed by atoms with Crippen LogP contribution in [0.1, 0.15) is 44.2 Å². The van der Waals surface area contributed by atoms with E-state index in [1.54, 1.807) is 13.0 Å².